The molecule has 1 fully saturated rings. The van der Waals surface area contributed by atoms with E-state index in [1.165, 1.54) is 0 Å². The number of carboxylic acids is 1. The SMILES string of the molecule is CNc1cc(N2CCC[C@H]2C(=O)O)ccc1OC. The molecule has 0 saturated carbocycles. The van der Waals surface area contributed by atoms with Crippen molar-refractivity contribution in [2.75, 3.05) is 30.9 Å². The number of benzene rings is 1. The highest BCUT2D eigenvalue weighted by molar-refractivity contribution is 5.80. The van der Waals surface area contributed by atoms with Crippen LogP contribution in [0.4, 0.5) is 11.4 Å². The van der Waals surface area contributed by atoms with Crippen molar-refractivity contribution in [1.29, 1.82) is 0 Å². The monoisotopic (exact) mass is 250 g/mol. The van der Waals surface area contributed by atoms with Crippen LogP contribution >= 0.6 is 0 Å². The highest BCUT2D eigenvalue weighted by Crippen LogP contribution is 2.32. The van der Waals surface area contributed by atoms with Gasteiger partial charge in [-0.2, -0.15) is 0 Å². The summed E-state index contributed by atoms with van der Waals surface area (Å²) in [5.41, 5.74) is 1.79. The van der Waals surface area contributed by atoms with Crippen molar-refractivity contribution < 1.29 is 14.6 Å². The fraction of sp³-hybridized carbons (Fsp3) is 0.462. The van der Waals surface area contributed by atoms with Crippen LogP contribution in [0.15, 0.2) is 18.2 Å². The van der Waals surface area contributed by atoms with E-state index in [1.807, 2.05) is 30.1 Å². The van der Waals surface area contributed by atoms with Crippen molar-refractivity contribution in [3.8, 4) is 5.75 Å². The van der Waals surface area contributed by atoms with Gasteiger partial charge in [-0.25, -0.2) is 4.79 Å². The predicted molar refractivity (Wildman–Crippen MR) is 70.5 cm³/mol. The molecule has 0 spiro atoms. The number of anilines is 2. The summed E-state index contributed by atoms with van der Waals surface area (Å²) in [4.78, 5) is 13.1. The molecule has 1 aromatic rings. The van der Waals surface area contributed by atoms with E-state index in [4.69, 9.17) is 4.74 Å². The minimum atomic E-state index is -0.755. The van der Waals surface area contributed by atoms with Gasteiger partial charge in [0.25, 0.3) is 0 Å². The molecule has 0 radical (unpaired) electrons. The molecule has 1 heterocycles. The van der Waals surface area contributed by atoms with Crippen LogP contribution in [0.25, 0.3) is 0 Å². The molecule has 0 bridgehead atoms. The number of rotatable bonds is 4. The Labute approximate surface area is 106 Å². The lowest BCUT2D eigenvalue weighted by molar-refractivity contribution is -0.138. The van der Waals surface area contributed by atoms with Gasteiger partial charge in [0, 0.05) is 19.3 Å². The number of nitrogens with one attached hydrogen (secondary N) is 1. The molecule has 2 rings (SSSR count). The zero-order chi connectivity index (χ0) is 13.1. The predicted octanol–water partition coefficient (Wildman–Crippen LogP) is 1.79. The average molecular weight is 250 g/mol. The summed E-state index contributed by atoms with van der Waals surface area (Å²) in [6, 6.07) is 5.28. The van der Waals surface area contributed by atoms with Gasteiger partial charge in [0.2, 0.25) is 0 Å². The highest BCUT2D eigenvalue weighted by atomic mass is 16.5. The summed E-state index contributed by atoms with van der Waals surface area (Å²) in [6.07, 6.45) is 1.62. The third-order valence-electron chi connectivity index (χ3n) is 3.32. The number of nitrogens with zero attached hydrogens (tertiary/aromatic N) is 1. The summed E-state index contributed by atoms with van der Waals surface area (Å²) in [6.45, 7) is 0.784. The first kappa shape index (κ1) is 12.5. The zero-order valence-corrected chi connectivity index (χ0v) is 10.6. The van der Waals surface area contributed by atoms with Crippen molar-refractivity contribution in [2.45, 2.75) is 18.9 Å². The van der Waals surface area contributed by atoms with Gasteiger partial charge in [0.05, 0.1) is 12.8 Å². The molecule has 0 amide bonds. The van der Waals surface area contributed by atoms with Gasteiger partial charge in [0.15, 0.2) is 0 Å². The van der Waals surface area contributed by atoms with Crippen LogP contribution in [0.1, 0.15) is 12.8 Å². The largest absolute Gasteiger partial charge is 0.495 e. The average Bonchev–Trinajstić information content (AvgIpc) is 2.87. The molecule has 1 aromatic carbocycles. The topological polar surface area (TPSA) is 61.8 Å². The van der Waals surface area contributed by atoms with E-state index in [0.717, 1.165) is 30.1 Å². The van der Waals surface area contributed by atoms with Crippen molar-refractivity contribution in [1.82, 2.24) is 0 Å². The molecule has 1 saturated heterocycles. The van der Waals surface area contributed by atoms with Gasteiger partial charge in [0.1, 0.15) is 11.8 Å². The molecule has 0 aromatic heterocycles. The second kappa shape index (κ2) is 5.16. The Morgan fingerprint density at radius 3 is 2.94 bits per heavy atom. The highest BCUT2D eigenvalue weighted by Gasteiger charge is 2.30. The van der Waals surface area contributed by atoms with E-state index in [1.54, 1.807) is 7.11 Å². The van der Waals surface area contributed by atoms with Gasteiger partial charge < -0.3 is 20.1 Å². The number of aliphatic carboxylic acids is 1. The van der Waals surface area contributed by atoms with Crippen molar-refractivity contribution >= 4 is 17.3 Å². The maximum atomic E-state index is 11.2. The summed E-state index contributed by atoms with van der Waals surface area (Å²) < 4.78 is 5.23. The number of methoxy groups -OCH3 is 1. The minimum Gasteiger partial charge on any atom is -0.495 e. The van der Waals surface area contributed by atoms with Crippen LogP contribution < -0.4 is 15.0 Å². The van der Waals surface area contributed by atoms with E-state index >= 15 is 0 Å². The van der Waals surface area contributed by atoms with Gasteiger partial charge in [-0.3, -0.25) is 0 Å². The lowest BCUT2D eigenvalue weighted by Crippen LogP contribution is -2.35. The van der Waals surface area contributed by atoms with Crippen LogP contribution in [0, 0.1) is 0 Å². The number of carbonyl (C=O) groups is 1. The standard InChI is InChI=1S/C13H18N2O3/c1-14-10-8-9(5-6-12(10)18-2)15-7-3-4-11(15)13(16)17/h5-6,8,11,14H,3-4,7H2,1-2H3,(H,16,17)/t11-/m0/s1. The molecule has 18 heavy (non-hydrogen) atoms. The van der Waals surface area contributed by atoms with E-state index in [9.17, 15) is 9.90 Å². The Morgan fingerprint density at radius 1 is 1.56 bits per heavy atom. The summed E-state index contributed by atoms with van der Waals surface area (Å²) in [7, 11) is 3.44. The first-order valence-corrected chi connectivity index (χ1v) is 6.02. The number of hydrogen-bond donors (Lipinski definition) is 2. The van der Waals surface area contributed by atoms with Crippen molar-refractivity contribution in [3.63, 3.8) is 0 Å². The Balaban J connectivity index is 2.30. The Morgan fingerprint density at radius 2 is 2.33 bits per heavy atom. The van der Waals surface area contributed by atoms with Crippen molar-refractivity contribution in [2.24, 2.45) is 0 Å². The number of carboxylic acid groups (broad SMARTS) is 1. The molecular weight excluding hydrogens is 232 g/mol. The third-order valence-corrected chi connectivity index (χ3v) is 3.32. The van der Waals surface area contributed by atoms with Gasteiger partial charge in [-0.05, 0) is 31.0 Å². The van der Waals surface area contributed by atoms with Crippen LogP contribution in [-0.4, -0.2) is 37.8 Å². The molecule has 1 atom stereocenters. The fourth-order valence-corrected chi connectivity index (χ4v) is 2.40. The van der Waals surface area contributed by atoms with Gasteiger partial charge in [-0.15, -0.1) is 0 Å². The number of hydrogen-bond acceptors (Lipinski definition) is 4. The van der Waals surface area contributed by atoms with Crippen molar-refractivity contribution in [3.05, 3.63) is 18.2 Å². The lowest BCUT2D eigenvalue weighted by Gasteiger charge is -2.24. The maximum Gasteiger partial charge on any atom is 0.326 e. The third kappa shape index (κ3) is 2.20. The molecule has 0 unspecified atom stereocenters. The smallest absolute Gasteiger partial charge is 0.326 e. The summed E-state index contributed by atoms with van der Waals surface area (Å²) >= 11 is 0. The van der Waals surface area contributed by atoms with Crippen LogP contribution in [0.5, 0.6) is 5.75 Å². The van der Waals surface area contributed by atoms with Crippen LogP contribution in [0.2, 0.25) is 0 Å². The van der Waals surface area contributed by atoms with E-state index in [2.05, 4.69) is 5.32 Å². The molecule has 1 aliphatic heterocycles. The first-order chi connectivity index (χ1) is 8.67. The quantitative estimate of drug-likeness (QED) is 0.853. The number of ether oxygens (including phenoxy) is 1. The second-order valence-corrected chi connectivity index (χ2v) is 4.32. The minimum absolute atomic E-state index is 0.414. The Kier molecular flexibility index (Phi) is 3.60. The molecular formula is C13H18N2O3. The molecule has 5 heteroatoms. The summed E-state index contributed by atoms with van der Waals surface area (Å²) in [5.74, 6) is 0.00153. The Bertz CT molecular complexity index is 448. The lowest BCUT2D eigenvalue weighted by atomic mass is 10.2. The zero-order valence-electron chi connectivity index (χ0n) is 10.6. The van der Waals surface area contributed by atoms with Gasteiger partial charge >= 0.3 is 5.97 Å². The first-order valence-electron chi connectivity index (χ1n) is 6.02. The van der Waals surface area contributed by atoms with E-state index in [-0.39, 0.29) is 0 Å². The van der Waals surface area contributed by atoms with E-state index < -0.39 is 12.0 Å². The maximum absolute atomic E-state index is 11.2. The van der Waals surface area contributed by atoms with E-state index in [0.29, 0.717) is 6.42 Å². The van der Waals surface area contributed by atoms with Gasteiger partial charge in [-0.1, -0.05) is 0 Å². The second-order valence-electron chi connectivity index (χ2n) is 4.32. The molecule has 5 nitrogen and oxygen atoms in total. The molecule has 98 valence electrons. The molecule has 1 aliphatic rings. The fourth-order valence-electron chi connectivity index (χ4n) is 2.40. The van der Waals surface area contributed by atoms with Crippen LogP contribution in [-0.2, 0) is 4.79 Å². The molecule has 2 N–H and O–H groups in total. The normalized spacial score (nSPS) is 18.8. The van der Waals surface area contributed by atoms with Crippen LogP contribution in [0.3, 0.4) is 0 Å². The summed E-state index contributed by atoms with van der Waals surface area (Å²) in [5, 5.41) is 12.2. The Hall–Kier alpha value is -1.91. The molecule has 0 aliphatic carbocycles.